The SMILES string of the molecule is Cc1ccc(C2(c3cc(=O)n(-c4cc(C(=O)O)ccn4)[nH]3)CC2)cc1. The van der Waals surface area contributed by atoms with E-state index in [1.165, 1.54) is 34.1 Å². The summed E-state index contributed by atoms with van der Waals surface area (Å²) in [5, 5.41) is 12.2. The minimum absolute atomic E-state index is 0.0905. The lowest BCUT2D eigenvalue weighted by Gasteiger charge is -2.14. The number of carboxylic acids is 1. The fourth-order valence-electron chi connectivity index (χ4n) is 3.20. The van der Waals surface area contributed by atoms with Crippen molar-refractivity contribution in [3.8, 4) is 5.82 Å². The van der Waals surface area contributed by atoms with Gasteiger partial charge in [0.2, 0.25) is 0 Å². The lowest BCUT2D eigenvalue weighted by molar-refractivity contribution is 0.0696. The smallest absolute Gasteiger partial charge is 0.335 e. The van der Waals surface area contributed by atoms with Crippen molar-refractivity contribution in [3.05, 3.63) is 81.4 Å². The Balaban J connectivity index is 1.76. The van der Waals surface area contributed by atoms with Crippen LogP contribution in [0.4, 0.5) is 0 Å². The fourth-order valence-corrected chi connectivity index (χ4v) is 3.20. The number of aromatic carboxylic acids is 1. The number of benzene rings is 1. The van der Waals surface area contributed by atoms with E-state index in [2.05, 4.69) is 34.3 Å². The first-order valence-corrected chi connectivity index (χ1v) is 8.09. The first kappa shape index (κ1) is 15.4. The van der Waals surface area contributed by atoms with Crippen LogP contribution in [0.25, 0.3) is 5.82 Å². The molecule has 25 heavy (non-hydrogen) atoms. The number of nitrogens with zero attached hydrogens (tertiary/aromatic N) is 2. The molecule has 1 saturated carbocycles. The summed E-state index contributed by atoms with van der Waals surface area (Å²) < 4.78 is 1.30. The topological polar surface area (TPSA) is 88.0 Å². The molecule has 0 saturated heterocycles. The van der Waals surface area contributed by atoms with Crippen LogP contribution in [-0.2, 0) is 5.41 Å². The summed E-state index contributed by atoms with van der Waals surface area (Å²) in [5.41, 5.74) is 2.89. The van der Waals surface area contributed by atoms with Crippen molar-refractivity contribution in [2.45, 2.75) is 25.2 Å². The molecule has 0 unspecified atom stereocenters. The average molecular weight is 335 g/mol. The third kappa shape index (κ3) is 2.55. The highest BCUT2D eigenvalue weighted by Crippen LogP contribution is 2.52. The molecule has 0 spiro atoms. The Bertz CT molecular complexity index is 1010. The largest absolute Gasteiger partial charge is 0.478 e. The quantitative estimate of drug-likeness (QED) is 0.767. The molecular weight excluding hydrogens is 318 g/mol. The van der Waals surface area contributed by atoms with Gasteiger partial charge in [0.1, 0.15) is 0 Å². The summed E-state index contributed by atoms with van der Waals surface area (Å²) in [6, 6.07) is 12.7. The maximum absolute atomic E-state index is 12.4. The maximum Gasteiger partial charge on any atom is 0.335 e. The number of hydrogen-bond donors (Lipinski definition) is 2. The molecule has 3 aromatic rings. The molecule has 0 radical (unpaired) electrons. The molecule has 1 aliphatic rings. The zero-order valence-corrected chi connectivity index (χ0v) is 13.7. The second kappa shape index (κ2) is 5.44. The van der Waals surface area contributed by atoms with Gasteiger partial charge in [-0.3, -0.25) is 9.89 Å². The molecule has 0 amide bonds. The van der Waals surface area contributed by atoms with Crippen molar-refractivity contribution < 1.29 is 9.90 Å². The van der Waals surface area contributed by atoms with Gasteiger partial charge < -0.3 is 5.11 Å². The monoisotopic (exact) mass is 335 g/mol. The van der Waals surface area contributed by atoms with Crippen LogP contribution in [0.3, 0.4) is 0 Å². The van der Waals surface area contributed by atoms with E-state index in [-0.39, 0.29) is 22.4 Å². The summed E-state index contributed by atoms with van der Waals surface area (Å²) >= 11 is 0. The van der Waals surface area contributed by atoms with E-state index in [9.17, 15) is 9.59 Å². The third-order valence-corrected chi connectivity index (χ3v) is 4.81. The summed E-state index contributed by atoms with van der Waals surface area (Å²) in [6.45, 7) is 2.04. The van der Waals surface area contributed by atoms with Gasteiger partial charge in [0.15, 0.2) is 5.82 Å². The van der Waals surface area contributed by atoms with Crippen molar-refractivity contribution in [1.82, 2.24) is 14.8 Å². The van der Waals surface area contributed by atoms with Gasteiger partial charge in [-0.25, -0.2) is 14.5 Å². The summed E-state index contributed by atoms with van der Waals surface area (Å²) in [5.74, 6) is -0.780. The molecular formula is C19H17N3O3. The predicted molar refractivity (Wildman–Crippen MR) is 92.3 cm³/mol. The van der Waals surface area contributed by atoms with Crippen molar-refractivity contribution in [2.75, 3.05) is 0 Å². The minimum atomic E-state index is -1.05. The molecule has 6 heteroatoms. The second-order valence-corrected chi connectivity index (χ2v) is 6.50. The van der Waals surface area contributed by atoms with E-state index in [1.807, 2.05) is 6.92 Å². The molecule has 4 rings (SSSR count). The Morgan fingerprint density at radius 1 is 1.20 bits per heavy atom. The van der Waals surface area contributed by atoms with Gasteiger partial charge in [0.25, 0.3) is 5.56 Å². The normalized spacial score (nSPS) is 15.1. The Kier molecular flexibility index (Phi) is 3.35. The van der Waals surface area contributed by atoms with Crippen LogP contribution in [0.15, 0.2) is 53.5 Å². The van der Waals surface area contributed by atoms with Crippen molar-refractivity contribution >= 4 is 5.97 Å². The molecule has 0 bridgehead atoms. The van der Waals surface area contributed by atoms with Crippen molar-refractivity contribution in [2.24, 2.45) is 0 Å². The first-order chi connectivity index (χ1) is 12.0. The zero-order chi connectivity index (χ0) is 17.6. The molecule has 0 atom stereocenters. The van der Waals surface area contributed by atoms with E-state index < -0.39 is 5.97 Å². The van der Waals surface area contributed by atoms with E-state index in [4.69, 9.17) is 5.11 Å². The molecule has 1 aliphatic carbocycles. The number of carbonyl (C=O) groups is 1. The Labute approximate surface area is 143 Å². The van der Waals surface area contributed by atoms with Crippen LogP contribution in [0.1, 0.15) is 40.0 Å². The van der Waals surface area contributed by atoms with Gasteiger partial charge >= 0.3 is 5.97 Å². The van der Waals surface area contributed by atoms with Crippen LogP contribution < -0.4 is 5.56 Å². The molecule has 2 N–H and O–H groups in total. The highest BCUT2D eigenvalue weighted by Gasteiger charge is 2.47. The molecule has 0 aliphatic heterocycles. The number of H-pyrrole nitrogens is 1. The first-order valence-electron chi connectivity index (χ1n) is 8.09. The van der Waals surface area contributed by atoms with E-state index in [0.717, 1.165) is 18.5 Å². The standard InChI is InChI=1S/C19H17N3O3/c1-12-2-4-14(5-3-12)19(7-8-19)15-11-17(23)22(21-15)16-10-13(18(24)25)6-9-20-16/h2-6,9-11,21H,7-8H2,1H3,(H,24,25). The number of aryl methyl sites for hydroxylation is 1. The number of nitrogens with one attached hydrogen (secondary N) is 1. The minimum Gasteiger partial charge on any atom is -0.478 e. The Hall–Kier alpha value is -3.15. The summed E-state index contributed by atoms with van der Waals surface area (Å²) in [4.78, 5) is 27.7. The van der Waals surface area contributed by atoms with Gasteiger partial charge in [-0.1, -0.05) is 29.8 Å². The Morgan fingerprint density at radius 2 is 1.92 bits per heavy atom. The van der Waals surface area contributed by atoms with Crippen LogP contribution in [-0.4, -0.2) is 25.8 Å². The molecule has 2 aromatic heterocycles. The number of pyridine rings is 1. The number of aromatic nitrogens is 3. The molecule has 6 nitrogen and oxygen atoms in total. The van der Waals surface area contributed by atoms with Crippen LogP contribution in [0.5, 0.6) is 0 Å². The number of aromatic amines is 1. The van der Waals surface area contributed by atoms with Gasteiger partial charge in [0.05, 0.1) is 5.56 Å². The van der Waals surface area contributed by atoms with Gasteiger partial charge in [-0.15, -0.1) is 0 Å². The molecule has 1 fully saturated rings. The third-order valence-electron chi connectivity index (χ3n) is 4.81. The maximum atomic E-state index is 12.4. The lowest BCUT2D eigenvalue weighted by Crippen LogP contribution is -2.16. The van der Waals surface area contributed by atoms with Gasteiger partial charge in [-0.05, 0) is 37.5 Å². The second-order valence-electron chi connectivity index (χ2n) is 6.50. The number of rotatable bonds is 4. The zero-order valence-electron chi connectivity index (χ0n) is 13.7. The molecule has 1 aromatic carbocycles. The number of carboxylic acid groups (broad SMARTS) is 1. The fraction of sp³-hybridized carbons (Fsp3) is 0.211. The van der Waals surface area contributed by atoms with Crippen molar-refractivity contribution in [3.63, 3.8) is 0 Å². The summed E-state index contributed by atoms with van der Waals surface area (Å²) in [6.07, 6.45) is 3.33. The van der Waals surface area contributed by atoms with Crippen LogP contribution in [0.2, 0.25) is 0 Å². The predicted octanol–water partition coefficient (Wildman–Crippen LogP) is 2.65. The van der Waals surface area contributed by atoms with Crippen molar-refractivity contribution in [1.29, 1.82) is 0 Å². The average Bonchev–Trinajstić information content (AvgIpc) is 3.32. The van der Waals surface area contributed by atoms with Gasteiger partial charge in [-0.2, -0.15) is 0 Å². The molecule has 2 heterocycles. The van der Waals surface area contributed by atoms with E-state index in [1.54, 1.807) is 6.07 Å². The van der Waals surface area contributed by atoms with E-state index in [0.29, 0.717) is 0 Å². The molecule has 126 valence electrons. The van der Waals surface area contributed by atoms with Crippen LogP contribution >= 0.6 is 0 Å². The Morgan fingerprint density at radius 3 is 2.56 bits per heavy atom. The van der Waals surface area contributed by atoms with E-state index >= 15 is 0 Å². The van der Waals surface area contributed by atoms with Crippen LogP contribution in [0, 0.1) is 6.92 Å². The van der Waals surface area contributed by atoms with Gasteiger partial charge in [0, 0.05) is 23.4 Å². The lowest BCUT2D eigenvalue weighted by atomic mass is 9.92. The highest BCUT2D eigenvalue weighted by atomic mass is 16.4. The number of hydrogen-bond acceptors (Lipinski definition) is 3. The summed E-state index contributed by atoms with van der Waals surface area (Å²) in [7, 11) is 0. The highest BCUT2D eigenvalue weighted by molar-refractivity contribution is 5.87.